The third-order valence-electron chi connectivity index (χ3n) is 2.60. The fourth-order valence-corrected chi connectivity index (χ4v) is 2.82. The largest absolute Gasteiger partial charge is 0.448 e. The van der Waals surface area contributed by atoms with Gasteiger partial charge in [0, 0.05) is 5.92 Å². The second kappa shape index (κ2) is 5.89. The van der Waals surface area contributed by atoms with Gasteiger partial charge in [0.2, 0.25) is 11.7 Å². The van der Waals surface area contributed by atoms with Gasteiger partial charge in [-0.1, -0.05) is 25.4 Å². The van der Waals surface area contributed by atoms with Crippen molar-refractivity contribution in [2.75, 3.05) is 5.73 Å². The minimum atomic E-state index is -5.05. The van der Waals surface area contributed by atoms with Gasteiger partial charge in [-0.3, -0.25) is 13.5 Å². The van der Waals surface area contributed by atoms with E-state index in [9.17, 15) is 16.8 Å². The van der Waals surface area contributed by atoms with E-state index in [1.807, 2.05) is 0 Å². The maximum absolute atomic E-state index is 11.0. The molecule has 134 valence electrons. The number of anilines is 1. The number of rotatable bonds is 5. The number of hydrogen-bond donors (Lipinski definition) is 3. The van der Waals surface area contributed by atoms with Crippen molar-refractivity contribution < 1.29 is 34.3 Å². The summed E-state index contributed by atoms with van der Waals surface area (Å²) in [5, 5.41) is -0.618. The average Bonchev–Trinajstić information content (AvgIpc) is 2.71. The fourth-order valence-electron chi connectivity index (χ4n) is 1.87. The van der Waals surface area contributed by atoms with Crippen LogP contribution in [0.1, 0.15) is 25.6 Å². The van der Waals surface area contributed by atoms with Crippen LogP contribution in [0.2, 0.25) is 5.15 Å². The molecule has 2 heterocycles. The molecular formula is C9H11ClN4O8S2. The van der Waals surface area contributed by atoms with Gasteiger partial charge in [0.05, 0.1) is 0 Å². The molecule has 12 nitrogen and oxygen atoms in total. The van der Waals surface area contributed by atoms with E-state index in [-0.39, 0.29) is 17.7 Å². The van der Waals surface area contributed by atoms with Crippen molar-refractivity contribution in [2.24, 2.45) is 0 Å². The molecule has 0 radical (unpaired) electrons. The Labute approximate surface area is 141 Å². The molecule has 0 saturated carbocycles. The lowest BCUT2D eigenvalue weighted by atomic mass is 10.2. The van der Waals surface area contributed by atoms with Crippen LogP contribution in [0.4, 0.5) is 5.95 Å². The smallest absolute Gasteiger partial charge is 0.369 e. The van der Waals surface area contributed by atoms with Crippen LogP contribution in [0.15, 0.2) is 0 Å². The van der Waals surface area contributed by atoms with Gasteiger partial charge >= 0.3 is 20.8 Å². The van der Waals surface area contributed by atoms with Crippen LogP contribution < -0.4 is 14.1 Å². The zero-order valence-electron chi connectivity index (χ0n) is 12.0. The van der Waals surface area contributed by atoms with E-state index in [1.54, 1.807) is 13.8 Å². The van der Waals surface area contributed by atoms with E-state index < -0.39 is 43.1 Å². The fraction of sp³-hybridized carbons (Fsp3) is 0.333. The summed E-state index contributed by atoms with van der Waals surface area (Å²) in [7, 11) is -10.1. The van der Waals surface area contributed by atoms with Crippen molar-refractivity contribution in [2.45, 2.75) is 19.8 Å². The average molecular weight is 403 g/mol. The molecule has 0 unspecified atom stereocenters. The van der Waals surface area contributed by atoms with Crippen LogP contribution in [0.25, 0.3) is 5.52 Å². The molecule has 24 heavy (non-hydrogen) atoms. The van der Waals surface area contributed by atoms with Crippen molar-refractivity contribution >= 4 is 43.9 Å². The normalized spacial score (nSPS) is 12.8. The predicted octanol–water partition coefficient (Wildman–Crippen LogP) is 0.452. The lowest BCUT2D eigenvalue weighted by molar-refractivity contribution is 0.381. The van der Waals surface area contributed by atoms with Crippen LogP contribution in [0.3, 0.4) is 0 Å². The first-order valence-electron chi connectivity index (χ1n) is 6.01. The molecule has 2 aromatic rings. The van der Waals surface area contributed by atoms with E-state index in [1.165, 1.54) is 0 Å². The van der Waals surface area contributed by atoms with Gasteiger partial charge in [-0.05, 0) is 0 Å². The Bertz CT molecular complexity index is 1010. The number of hydrogen-bond acceptors (Lipinski definition) is 9. The molecule has 15 heteroatoms. The van der Waals surface area contributed by atoms with Gasteiger partial charge in [0.25, 0.3) is 5.88 Å². The summed E-state index contributed by atoms with van der Waals surface area (Å²) in [6, 6.07) is 0. The second-order valence-corrected chi connectivity index (χ2v) is 7.13. The lowest BCUT2D eigenvalue weighted by Gasteiger charge is -2.10. The first-order chi connectivity index (χ1) is 10.8. The Kier molecular flexibility index (Phi) is 4.53. The summed E-state index contributed by atoms with van der Waals surface area (Å²) in [6.45, 7) is 3.31. The molecule has 0 saturated heterocycles. The minimum absolute atomic E-state index is 0.102. The molecule has 2 aromatic heterocycles. The van der Waals surface area contributed by atoms with Gasteiger partial charge in [-0.2, -0.15) is 26.8 Å². The molecule has 0 aromatic carbocycles. The summed E-state index contributed by atoms with van der Waals surface area (Å²) in [6.07, 6.45) is 0. The van der Waals surface area contributed by atoms with Crippen LogP contribution in [0, 0.1) is 0 Å². The summed E-state index contributed by atoms with van der Waals surface area (Å²) in [4.78, 5) is 7.47. The van der Waals surface area contributed by atoms with E-state index in [0.717, 1.165) is 4.40 Å². The Morgan fingerprint density at radius 3 is 2.12 bits per heavy atom. The molecule has 0 fully saturated rings. The highest BCUT2D eigenvalue weighted by atomic mass is 35.5. The SMILES string of the molecule is CC(C)c1nc(OS(=O)(=O)O)c2c(OS(=O)(=O)O)c(Cl)nc(N)n12. The van der Waals surface area contributed by atoms with Crippen molar-refractivity contribution in [3.05, 3.63) is 11.0 Å². The highest BCUT2D eigenvalue weighted by Crippen LogP contribution is 2.39. The predicted molar refractivity (Wildman–Crippen MR) is 80.9 cm³/mol. The van der Waals surface area contributed by atoms with Crippen molar-refractivity contribution in [3.8, 4) is 11.6 Å². The highest BCUT2D eigenvalue weighted by molar-refractivity contribution is 7.81. The Morgan fingerprint density at radius 1 is 1.12 bits per heavy atom. The molecule has 0 aliphatic rings. The number of nitrogen functional groups attached to an aromatic ring is 1. The van der Waals surface area contributed by atoms with Crippen molar-refractivity contribution in [1.82, 2.24) is 14.4 Å². The molecule has 0 aliphatic heterocycles. The molecule has 2 rings (SSSR count). The zero-order chi connectivity index (χ0) is 18.4. The lowest BCUT2D eigenvalue weighted by Crippen LogP contribution is -2.12. The minimum Gasteiger partial charge on any atom is -0.369 e. The maximum Gasteiger partial charge on any atom is 0.448 e. The third kappa shape index (κ3) is 3.78. The van der Waals surface area contributed by atoms with Crippen molar-refractivity contribution in [1.29, 1.82) is 0 Å². The molecule has 0 bridgehead atoms. The number of halogens is 1. The molecule has 0 aliphatic carbocycles. The van der Waals surface area contributed by atoms with Gasteiger partial charge in [-0.15, -0.1) is 0 Å². The third-order valence-corrected chi connectivity index (χ3v) is 3.61. The maximum atomic E-state index is 11.0. The summed E-state index contributed by atoms with van der Waals surface area (Å²) in [5.74, 6) is -2.10. The first kappa shape index (κ1) is 18.5. The van der Waals surface area contributed by atoms with E-state index in [4.69, 9.17) is 26.4 Å². The van der Waals surface area contributed by atoms with E-state index in [0.29, 0.717) is 0 Å². The van der Waals surface area contributed by atoms with Crippen LogP contribution in [-0.2, 0) is 20.8 Å². The molecular weight excluding hydrogens is 392 g/mol. The summed E-state index contributed by atoms with van der Waals surface area (Å²) in [5.41, 5.74) is 5.23. The Morgan fingerprint density at radius 2 is 1.67 bits per heavy atom. The zero-order valence-corrected chi connectivity index (χ0v) is 14.4. The Balaban J connectivity index is 2.95. The van der Waals surface area contributed by atoms with Gasteiger partial charge < -0.3 is 14.1 Å². The molecule has 0 atom stereocenters. The van der Waals surface area contributed by atoms with Crippen LogP contribution in [0.5, 0.6) is 11.6 Å². The first-order valence-corrected chi connectivity index (χ1v) is 9.12. The van der Waals surface area contributed by atoms with Gasteiger partial charge in [0.1, 0.15) is 5.82 Å². The number of nitrogens with zero attached hydrogens (tertiary/aromatic N) is 3. The standard InChI is InChI=1S/C9H11ClN4O8S2/c1-3(2)7-13-8(22-24(18,19)20)4-5(21-23(15,16)17)6(10)12-9(11)14(4)7/h3H,1-2H3,(H2,11,12)(H,15,16,17)(H,18,19,20). The number of nitrogens with two attached hydrogens (primary N) is 1. The van der Waals surface area contributed by atoms with Crippen molar-refractivity contribution in [3.63, 3.8) is 0 Å². The molecule has 0 amide bonds. The van der Waals surface area contributed by atoms with E-state index in [2.05, 4.69) is 18.3 Å². The van der Waals surface area contributed by atoms with Gasteiger partial charge in [0.15, 0.2) is 10.7 Å². The second-order valence-electron chi connectivity index (χ2n) is 4.73. The molecule has 0 spiro atoms. The highest BCUT2D eigenvalue weighted by Gasteiger charge is 2.28. The summed E-state index contributed by atoms with van der Waals surface area (Å²) >= 11 is 5.75. The topological polar surface area (TPSA) is 183 Å². The number of imidazole rings is 1. The molecule has 4 N–H and O–H groups in total. The number of aromatic nitrogens is 3. The van der Waals surface area contributed by atoms with E-state index >= 15 is 0 Å². The quantitative estimate of drug-likeness (QED) is 0.465. The van der Waals surface area contributed by atoms with Gasteiger partial charge in [-0.25, -0.2) is 0 Å². The van der Waals surface area contributed by atoms with Crippen LogP contribution in [-0.4, -0.2) is 40.3 Å². The Hall–Kier alpha value is -1.87. The monoisotopic (exact) mass is 402 g/mol. The summed E-state index contributed by atoms with van der Waals surface area (Å²) < 4.78 is 71.3. The van der Waals surface area contributed by atoms with Crippen LogP contribution >= 0.6 is 11.6 Å². The number of fused-ring (bicyclic) bond motifs is 1.